The van der Waals surface area contributed by atoms with Crippen molar-refractivity contribution in [1.29, 1.82) is 0 Å². The summed E-state index contributed by atoms with van der Waals surface area (Å²) in [4.78, 5) is 39.4. The van der Waals surface area contributed by atoms with Crippen molar-refractivity contribution >= 4 is 23.4 Å². The molecule has 1 aromatic carbocycles. The van der Waals surface area contributed by atoms with Gasteiger partial charge in [-0.3, -0.25) is 14.5 Å². The SMILES string of the molecule is CCOC(=O)C1=C2c3ccccc3CC3(CCCC3)N2C(=O)C1=O. The molecule has 1 aromatic rings. The summed E-state index contributed by atoms with van der Waals surface area (Å²) in [6.45, 7) is 1.86. The summed E-state index contributed by atoms with van der Waals surface area (Å²) in [5.41, 5.74) is 1.89. The first-order valence-electron chi connectivity index (χ1n) is 8.47. The molecule has 0 aromatic heterocycles. The van der Waals surface area contributed by atoms with Crippen molar-refractivity contribution < 1.29 is 19.1 Å². The molecule has 1 spiro atoms. The number of benzene rings is 1. The van der Waals surface area contributed by atoms with Crippen molar-refractivity contribution in [3.05, 3.63) is 41.0 Å². The predicted molar refractivity (Wildman–Crippen MR) is 86.8 cm³/mol. The molecule has 0 saturated heterocycles. The third kappa shape index (κ3) is 1.90. The van der Waals surface area contributed by atoms with Crippen LogP contribution in [0.25, 0.3) is 5.70 Å². The Morgan fingerprint density at radius 3 is 2.62 bits per heavy atom. The second kappa shape index (κ2) is 5.30. The van der Waals surface area contributed by atoms with Gasteiger partial charge in [0.15, 0.2) is 0 Å². The van der Waals surface area contributed by atoms with E-state index in [2.05, 4.69) is 0 Å². The monoisotopic (exact) mass is 325 g/mol. The molecule has 5 nitrogen and oxygen atoms in total. The number of nitrogens with zero attached hydrogens (tertiary/aromatic N) is 1. The number of carbonyl (C=O) groups is 3. The van der Waals surface area contributed by atoms with Crippen LogP contribution < -0.4 is 0 Å². The van der Waals surface area contributed by atoms with Gasteiger partial charge in [0.05, 0.1) is 17.8 Å². The average molecular weight is 325 g/mol. The first-order valence-corrected chi connectivity index (χ1v) is 8.47. The van der Waals surface area contributed by atoms with Gasteiger partial charge in [0, 0.05) is 5.56 Å². The van der Waals surface area contributed by atoms with Crippen molar-refractivity contribution in [3.63, 3.8) is 0 Å². The van der Waals surface area contributed by atoms with Crippen molar-refractivity contribution in [2.24, 2.45) is 0 Å². The van der Waals surface area contributed by atoms with E-state index in [1.807, 2.05) is 24.3 Å². The molecule has 1 aliphatic carbocycles. The van der Waals surface area contributed by atoms with E-state index in [-0.39, 0.29) is 17.7 Å². The van der Waals surface area contributed by atoms with Gasteiger partial charge in [0.1, 0.15) is 5.57 Å². The number of hydrogen-bond acceptors (Lipinski definition) is 4. The standard InChI is InChI=1S/C19H19NO4/c1-2-24-18(23)14-15-13-8-4-3-7-12(13)11-19(9-5-6-10-19)20(15)17(22)16(14)21/h3-4,7-8H,2,5-6,9-11H2,1H3. The Balaban J connectivity index is 1.98. The number of esters is 1. The zero-order valence-corrected chi connectivity index (χ0v) is 13.6. The summed E-state index contributed by atoms with van der Waals surface area (Å²) in [6, 6.07) is 7.73. The summed E-state index contributed by atoms with van der Waals surface area (Å²) in [5.74, 6) is -2.01. The summed E-state index contributed by atoms with van der Waals surface area (Å²) in [6.07, 6.45) is 4.52. The minimum absolute atomic E-state index is 0.0970. The third-order valence-electron chi connectivity index (χ3n) is 5.36. The molecular formula is C19H19NO4. The van der Waals surface area contributed by atoms with Crippen molar-refractivity contribution in [2.45, 2.75) is 44.6 Å². The minimum atomic E-state index is -0.730. The molecule has 0 unspecified atom stereocenters. The Morgan fingerprint density at radius 1 is 1.21 bits per heavy atom. The van der Waals surface area contributed by atoms with Gasteiger partial charge in [-0.05, 0) is 31.7 Å². The Labute approximate surface area is 140 Å². The highest BCUT2D eigenvalue weighted by molar-refractivity contribution is 6.54. The van der Waals surface area contributed by atoms with Crippen molar-refractivity contribution in [1.82, 2.24) is 4.90 Å². The summed E-state index contributed by atoms with van der Waals surface area (Å²) >= 11 is 0. The molecule has 1 amide bonds. The van der Waals surface area contributed by atoms with Crippen LogP contribution in [0.3, 0.4) is 0 Å². The van der Waals surface area contributed by atoms with Gasteiger partial charge in [0.25, 0.3) is 11.7 Å². The second-order valence-electron chi connectivity index (χ2n) is 6.68. The molecule has 5 heteroatoms. The van der Waals surface area contributed by atoms with Gasteiger partial charge >= 0.3 is 5.97 Å². The largest absolute Gasteiger partial charge is 0.462 e. The lowest BCUT2D eigenvalue weighted by molar-refractivity contribution is -0.145. The van der Waals surface area contributed by atoms with Crippen molar-refractivity contribution in [2.75, 3.05) is 6.61 Å². The fourth-order valence-electron chi connectivity index (χ4n) is 4.40. The molecule has 2 aliphatic heterocycles. The molecular weight excluding hydrogens is 306 g/mol. The molecule has 0 N–H and O–H groups in total. The van der Waals surface area contributed by atoms with Gasteiger partial charge in [-0.15, -0.1) is 0 Å². The van der Waals surface area contributed by atoms with Crippen LogP contribution in [0.2, 0.25) is 0 Å². The van der Waals surface area contributed by atoms with Gasteiger partial charge in [-0.2, -0.15) is 0 Å². The van der Waals surface area contributed by atoms with Crippen LogP contribution >= 0.6 is 0 Å². The Kier molecular flexibility index (Phi) is 3.34. The lowest BCUT2D eigenvalue weighted by atomic mass is 9.80. The average Bonchev–Trinajstić information content (AvgIpc) is 3.13. The highest BCUT2D eigenvalue weighted by Crippen LogP contribution is 2.50. The van der Waals surface area contributed by atoms with Crippen LogP contribution in [0.15, 0.2) is 29.8 Å². The van der Waals surface area contributed by atoms with E-state index >= 15 is 0 Å². The highest BCUT2D eigenvalue weighted by atomic mass is 16.5. The quantitative estimate of drug-likeness (QED) is 0.475. The molecule has 2 heterocycles. The molecule has 4 rings (SSSR count). The lowest BCUT2D eigenvalue weighted by Gasteiger charge is -2.44. The minimum Gasteiger partial charge on any atom is -0.462 e. The smallest absolute Gasteiger partial charge is 0.344 e. The first-order chi connectivity index (χ1) is 11.6. The maximum Gasteiger partial charge on any atom is 0.344 e. The van der Waals surface area contributed by atoms with Gasteiger partial charge in [-0.25, -0.2) is 4.79 Å². The predicted octanol–water partition coefficient (Wildman–Crippen LogP) is 2.24. The van der Waals surface area contributed by atoms with E-state index in [4.69, 9.17) is 4.74 Å². The number of Topliss-reactive ketones (excluding diaryl/α,β-unsaturated/α-hetero) is 1. The van der Waals surface area contributed by atoms with Gasteiger partial charge < -0.3 is 4.74 Å². The number of amides is 1. The number of ketones is 1. The molecule has 1 saturated carbocycles. The molecule has 124 valence electrons. The van der Waals surface area contributed by atoms with Crippen LogP contribution in [0.1, 0.15) is 43.7 Å². The van der Waals surface area contributed by atoms with Crippen LogP contribution in [0.4, 0.5) is 0 Å². The molecule has 0 radical (unpaired) electrons. The highest BCUT2D eigenvalue weighted by Gasteiger charge is 2.55. The molecule has 24 heavy (non-hydrogen) atoms. The normalized spacial score (nSPS) is 21.3. The number of rotatable bonds is 2. The van der Waals surface area contributed by atoms with E-state index in [9.17, 15) is 14.4 Å². The fourth-order valence-corrected chi connectivity index (χ4v) is 4.40. The van der Waals surface area contributed by atoms with E-state index in [0.29, 0.717) is 5.70 Å². The molecule has 1 fully saturated rings. The number of hydrogen-bond donors (Lipinski definition) is 0. The van der Waals surface area contributed by atoms with Crippen molar-refractivity contribution in [3.8, 4) is 0 Å². The Morgan fingerprint density at radius 2 is 1.92 bits per heavy atom. The Hall–Kier alpha value is -2.43. The number of fused-ring (bicyclic) bond motifs is 4. The van der Waals surface area contributed by atoms with Gasteiger partial charge in [0.2, 0.25) is 0 Å². The lowest BCUT2D eigenvalue weighted by Crippen LogP contribution is -2.52. The number of ether oxygens (including phenoxy) is 1. The van der Waals surface area contributed by atoms with E-state index in [1.165, 1.54) is 0 Å². The first kappa shape index (κ1) is 15.1. The van der Waals surface area contributed by atoms with Crippen LogP contribution in [0.5, 0.6) is 0 Å². The van der Waals surface area contributed by atoms with E-state index in [0.717, 1.165) is 43.2 Å². The fraction of sp³-hybridized carbons (Fsp3) is 0.421. The molecule has 3 aliphatic rings. The van der Waals surface area contributed by atoms with Gasteiger partial charge in [-0.1, -0.05) is 37.1 Å². The molecule has 0 bridgehead atoms. The zero-order valence-electron chi connectivity index (χ0n) is 13.6. The molecule has 0 atom stereocenters. The van der Waals surface area contributed by atoms with Crippen LogP contribution in [-0.4, -0.2) is 34.7 Å². The van der Waals surface area contributed by atoms with Crippen LogP contribution in [-0.2, 0) is 25.5 Å². The summed E-state index contributed by atoms with van der Waals surface area (Å²) in [5, 5.41) is 0. The van der Waals surface area contributed by atoms with Crippen LogP contribution in [0, 0.1) is 0 Å². The number of carbonyl (C=O) groups excluding carboxylic acids is 3. The third-order valence-corrected chi connectivity index (χ3v) is 5.36. The maximum atomic E-state index is 12.8. The zero-order chi connectivity index (χ0) is 16.9. The van der Waals surface area contributed by atoms with E-state index < -0.39 is 17.7 Å². The Bertz CT molecular complexity index is 786. The topological polar surface area (TPSA) is 63.7 Å². The van der Waals surface area contributed by atoms with E-state index in [1.54, 1.807) is 11.8 Å². The summed E-state index contributed by atoms with van der Waals surface area (Å²) in [7, 11) is 0. The summed E-state index contributed by atoms with van der Waals surface area (Å²) < 4.78 is 5.06. The second-order valence-corrected chi connectivity index (χ2v) is 6.68. The maximum absolute atomic E-state index is 12.8.